The first-order valence-corrected chi connectivity index (χ1v) is 8.82. The van der Waals surface area contributed by atoms with Crippen molar-refractivity contribution in [3.05, 3.63) is 35.4 Å². The van der Waals surface area contributed by atoms with E-state index < -0.39 is 0 Å². The maximum Gasteiger partial charge on any atom is 0.0589 e. The van der Waals surface area contributed by atoms with Crippen LogP contribution in [-0.4, -0.2) is 55.7 Å². The molecule has 3 saturated heterocycles. The van der Waals surface area contributed by atoms with Crippen LogP contribution >= 0.6 is 0 Å². The second-order valence-corrected chi connectivity index (χ2v) is 6.90. The molecule has 3 aliphatic rings. The van der Waals surface area contributed by atoms with Gasteiger partial charge in [-0.2, -0.15) is 0 Å². The van der Waals surface area contributed by atoms with E-state index in [0.717, 1.165) is 38.1 Å². The standard InChI is InChI=1S/C19H30N2O/c1-3-17-6-4-5-7-18(17)14-20-12-16-8-9-19(15-20)21(13-16)10-11-22-2/h4-7,16,19H,3,8-15H2,1-2H3/t16-,19+/m0/s1. The van der Waals surface area contributed by atoms with E-state index in [1.807, 2.05) is 7.11 Å². The second-order valence-electron chi connectivity index (χ2n) is 6.90. The minimum atomic E-state index is 0.725. The zero-order chi connectivity index (χ0) is 15.4. The number of nitrogens with zero attached hydrogens (tertiary/aromatic N) is 2. The molecule has 122 valence electrons. The normalized spacial score (nSPS) is 26.3. The first kappa shape index (κ1) is 16.0. The molecule has 0 unspecified atom stereocenters. The zero-order valence-electron chi connectivity index (χ0n) is 14.1. The molecule has 0 saturated carbocycles. The fourth-order valence-electron chi connectivity index (χ4n) is 4.19. The van der Waals surface area contributed by atoms with Crippen LogP contribution < -0.4 is 0 Å². The third-order valence-electron chi connectivity index (χ3n) is 5.38. The van der Waals surface area contributed by atoms with Gasteiger partial charge in [-0.3, -0.25) is 9.80 Å². The summed E-state index contributed by atoms with van der Waals surface area (Å²) in [4.78, 5) is 5.37. The van der Waals surface area contributed by atoms with E-state index in [1.54, 1.807) is 0 Å². The lowest BCUT2D eigenvalue weighted by Crippen LogP contribution is -2.45. The van der Waals surface area contributed by atoms with Crippen LogP contribution in [0.4, 0.5) is 0 Å². The van der Waals surface area contributed by atoms with Crippen molar-refractivity contribution in [1.82, 2.24) is 9.80 Å². The molecule has 3 nitrogen and oxygen atoms in total. The molecular weight excluding hydrogens is 272 g/mol. The summed E-state index contributed by atoms with van der Waals surface area (Å²) in [6, 6.07) is 9.68. The summed E-state index contributed by atoms with van der Waals surface area (Å²) < 4.78 is 5.29. The van der Waals surface area contributed by atoms with Gasteiger partial charge in [0.15, 0.2) is 0 Å². The predicted molar refractivity (Wildman–Crippen MR) is 91.1 cm³/mol. The number of ether oxygens (including phenoxy) is 1. The topological polar surface area (TPSA) is 15.7 Å². The molecule has 4 rings (SSSR count). The van der Waals surface area contributed by atoms with Crippen LogP contribution in [0.25, 0.3) is 0 Å². The van der Waals surface area contributed by atoms with E-state index in [1.165, 1.54) is 43.6 Å². The monoisotopic (exact) mass is 302 g/mol. The summed E-state index contributed by atoms with van der Waals surface area (Å²) in [5, 5.41) is 0. The molecule has 3 aliphatic heterocycles. The van der Waals surface area contributed by atoms with Crippen LogP contribution in [-0.2, 0) is 17.7 Å². The second kappa shape index (κ2) is 7.58. The van der Waals surface area contributed by atoms with Crippen LogP contribution in [0.2, 0.25) is 0 Å². The summed E-state index contributed by atoms with van der Waals surface area (Å²) in [7, 11) is 1.81. The molecular formula is C19H30N2O. The highest BCUT2D eigenvalue weighted by atomic mass is 16.5. The number of aryl methyl sites for hydroxylation is 1. The van der Waals surface area contributed by atoms with Gasteiger partial charge >= 0.3 is 0 Å². The molecule has 3 heterocycles. The van der Waals surface area contributed by atoms with Gasteiger partial charge in [0.2, 0.25) is 0 Å². The van der Waals surface area contributed by atoms with E-state index >= 15 is 0 Å². The van der Waals surface area contributed by atoms with Gasteiger partial charge in [-0.1, -0.05) is 31.2 Å². The van der Waals surface area contributed by atoms with Crippen molar-refractivity contribution in [3.8, 4) is 0 Å². The number of hydrogen-bond donors (Lipinski definition) is 0. The number of piperidine rings is 1. The molecule has 2 bridgehead atoms. The summed E-state index contributed by atoms with van der Waals surface area (Å²) in [5.41, 5.74) is 3.03. The summed E-state index contributed by atoms with van der Waals surface area (Å²) in [5.74, 6) is 0.837. The van der Waals surface area contributed by atoms with Crippen LogP contribution in [0, 0.1) is 5.92 Å². The van der Waals surface area contributed by atoms with Gasteiger partial charge in [-0.05, 0) is 36.3 Å². The van der Waals surface area contributed by atoms with E-state index in [2.05, 4.69) is 41.0 Å². The molecule has 1 aromatic carbocycles. The highest BCUT2D eigenvalue weighted by Gasteiger charge is 2.34. The molecule has 0 aliphatic carbocycles. The van der Waals surface area contributed by atoms with Crippen molar-refractivity contribution in [2.45, 2.75) is 38.8 Å². The molecule has 0 N–H and O–H groups in total. The Labute approximate surface area is 135 Å². The third-order valence-corrected chi connectivity index (χ3v) is 5.38. The predicted octanol–water partition coefficient (Wildman–Crippen LogP) is 2.79. The van der Waals surface area contributed by atoms with Crippen LogP contribution in [0.5, 0.6) is 0 Å². The minimum absolute atomic E-state index is 0.725. The Hall–Kier alpha value is -0.900. The number of methoxy groups -OCH3 is 1. The summed E-state index contributed by atoms with van der Waals surface area (Å²) >= 11 is 0. The largest absolute Gasteiger partial charge is 0.383 e. The molecule has 0 radical (unpaired) electrons. The molecule has 1 aromatic rings. The van der Waals surface area contributed by atoms with E-state index in [9.17, 15) is 0 Å². The van der Waals surface area contributed by atoms with Crippen LogP contribution in [0.1, 0.15) is 30.9 Å². The molecule has 0 amide bonds. The van der Waals surface area contributed by atoms with E-state index in [-0.39, 0.29) is 0 Å². The smallest absolute Gasteiger partial charge is 0.0589 e. The Morgan fingerprint density at radius 3 is 2.68 bits per heavy atom. The Balaban J connectivity index is 1.66. The van der Waals surface area contributed by atoms with Gasteiger partial charge < -0.3 is 4.74 Å². The van der Waals surface area contributed by atoms with Crippen LogP contribution in [0.3, 0.4) is 0 Å². The van der Waals surface area contributed by atoms with E-state index in [0.29, 0.717) is 0 Å². The fraction of sp³-hybridized carbons (Fsp3) is 0.684. The zero-order valence-corrected chi connectivity index (χ0v) is 14.1. The van der Waals surface area contributed by atoms with Crippen LogP contribution in [0.15, 0.2) is 24.3 Å². The van der Waals surface area contributed by atoms with Crippen molar-refractivity contribution in [2.24, 2.45) is 5.92 Å². The summed E-state index contributed by atoms with van der Waals surface area (Å²) in [6.45, 7) is 9.09. The summed E-state index contributed by atoms with van der Waals surface area (Å²) in [6.07, 6.45) is 3.90. The maximum atomic E-state index is 5.29. The number of fused-ring (bicyclic) bond motifs is 4. The molecule has 2 atom stereocenters. The fourth-order valence-corrected chi connectivity index (χ4v) is 4.19. The quantitative estimate of drug-likeness (QED) is 0.803. The number of benzene rings is 1. The molecule has 3 fully saturated rings. The lowest BCUT2D eigenvalue weighted by atomic mass is 9.95. The van der Waals surface area contributed by atoms with Crippen molar-refractivity contribution < 1.29 is 4.74 Å². The molecule has 22 heavy (non-hydrogen) atoms. The SMILES string of the molecule is CCc1ccccc1CN1C[C@@H]2CC[C@H](C1)N(CCOC)C2. The first-order valence-electron chi connectivity index (χ1n) is 8.82. The van der Waals surface area contributed by atoms with Gasteiger partial charge in [-0.25, -0.2) is 0 Å². The van der Waals surface area contributed by atoms with Gasteiger partial charge in [-0.15, -0.1) is 0 Å². The number of rotatable bonds is 6. The molecule has 0 aromatic heterocycles. The Kier molecular flexibility index (Phi) is 5.51. The van der Waals surface area contributed by atoms with Crippen molar-refractivity contribution in [2.75, 3.05) is 39.9 Å². The molecule has 3 heteroatoms. The van der Waals surface area contributed by atoms with Crippen molar-refractivity contribution in [3.63, 3.8) is 0 Å². The third kappa shape index (κ3) is 3.70. The molecule has 0 spiro atoms. The van der Waals surface area contributed by atoms with Crippen molar-refractivity contribution >= 4 is 0 Å². The Bertz CT molecular complexity index is 476. The highest BCUT2D eigenvalue weighted by Crippen LogP contribution is 2.29. The Morgan fingerprint density at radius 1 is 1.09 bits per heavy atom. The van der Waals surface area contributed by atoms with Gasteiger partial charge in [0.05, 0.1) is 6.61 Å². The van der Waals surface area contributed by atoms with E-state index in [4.69, 9.17) is 4.74 Å². The lowest BCUT2D eigenvalue weighted by molar-refractivity contribution is 0.0867. The average Bonchev–Trinajstić information content (AvgIpc) is 2.84. The van der Waals surface area contributed by atoms with Gasteiger partial charge in [0, 0.05) is 45.9 Å². The lowest BCUT2D eigenvalue weighted by Gasteiger charge is -2.35. The number of hydrogen-bond acceptors (Lipinski definition) is 3. The Morgan fingerprint density at radius 2 is 1.91 bits per heavy atom. The van der Waals surface area contributed by atoms with Gasteiger partial charge in [0.25, 0.3) is 0 Å². The first-order chi connectivity index (χ1) is 10.8. The average molecular weight is 302 g/mol. The highest BCUT2D eigenvalue weighted by molar-refractivity contribution is 5.27. The van der Waals surface area contributed by atoms with Gasteiger partial charge in [0.1, 0.15) is 0 Å². The minimum Gasteiger partial charge on any atom is -0.383 e. The maximum absolute atomic E-state index is 5.29. The van der Waals surface area contributed by atoms with Crippen molar-refractivity contribution in [1.29, 1.82) is 0 Å².